The summed E-state index contributed by atoms with van der Waals surface area (Å²) in [5.74, 6) is 0. The predicted molar refractivity (Wildman–Crippen MR) is 75.9 cm³/mol. The lowest BCUT2D eigenvalue weighted by Crippen LogP contribution is -2.21. The summed E-state index contributed by atoms with van der Waals surface area (Å²) in [6, 6.07) is 3.14. The number of aryl methyl sites for hydroxylation is 1. The van der Waals surface area contributed by atoms with Crippen LogP contribution in [0.2, 0.25) is 0 Å². The highest BCUT2D eigenvalue weighted by atomic mass is 35.5. The fourth-order valence-electron chi connectivity index (χ4n) is 2.39. The SMILES string of the molecule is Cc1cc(N2CCCC2)c(S(C)(=O)=O)cc1C(=O)Cl. The number of hydrogen-bond acceptors (Lipinski definition) is 4. The summed E-state index contributed by atoms with van der Waals surface area (Å²) >= 11 is 5.50. The molecule has 1 aliphatic heterocycles. The van der Waals surface area contributed by atoms with E-state index in [2.05, 4.69) is 0 Å². The van der Waals surface area contributed by atoms with E-state index < -0.39 is 15.1 Å². The molecule has 2 rings (SSSR count). The minimum atomic E-state index is -3.40. The van der Waals surface area contributed by atoms with Gasteiger partial charge in [0, 0.05) is 24.9 Å². The Kier molecular flexibility index (Phi) is 3.87. The zero-order valence-corrected chi connectivity index (χ0v) is 12.5. The van der Waals surface area contributed by atoms with Gasteiger partial charge in [-0.05, 0) is 49.1 Å². The van der Waals surface area contributed by atoms with Gasteiger partial charge in [-0.3, -0.25) is 4.79 Å². The third-order valence-corrected chi connectivity index (χ3v) is 4.69. The summed E-state index contributed by atoms with van der Waals surface area (Å²) in [4.78, 5) is 13.6. The van der Waals surface area contributed by atoms with E-state index in [1.165, 1.54) is 6.07 Å². The minimum absolute atomic E-state index is 0.184. The van der Waals surface area contributed by atoms with Crippen LogP contribution in [0.25, 0.3) is 0 Å². The van der Waals surface area contributed by atoms with Gasteiger partial charge in [0.25, 0.3) is 5.24 Å². The molecule has 0 aliphatic carbocycles. The van der Waals surface area contributed by atoms with E-state index in [1.807, 2.05) is 4.90 Å². The minimum Gasteiger partial charge on any atom is -0.370 e. The topological polar surface area (TPSA) is 54.5 Å². The van der Waals surface area contributed by atoms with Crippen LogP contribution in [0.4, 0.5) is 5.69 Å². The van der Waals surface area contributed by atoms with Gasteiger partial charge >= 0.3 is 0 Å². The molecular weight excluding hydrogens is 286 g/mol. The van der Waals surface area contributed by atoms with Gasteiger partial charge in [0.1, 0.15) is 0 Å². The largest absolute Gasteiger partial charge is 0.370 e. The van der Waals surface area contributed by atoms with Crippen molar-refractivity contribution in [1.29, 1.82) is 0 Å². The molecule has 1 aromatic carbocycles. The van der Waals surface area contributed by atoms with Crippen LogP contribution in [0.3, 0.4) is 0 Å². The number of sulfone groups is 1. The van der Waals surface area contributed by atoms with E-state index in [1.54, 1.807) is 13.0 Å². The van der Waals surface area contributed by atoms with Crippen LogP contribution in [-0.4, -0.2) is 33.0 Å². The molecule has 0 amide bonds. The number of nitrogens with zero attached hydrogens (tertiary/aromatic N) is 1. The summed E-state index contributed by atoms with van der Waals surface area (Å²) < 4.78 is 23.8. The fraction of sp³-hybridized carbons (Fsp3) is 0.462. The molecule has 0 aromatic heterocycles. The maximum atomic E-state index is 11.9. The second kappa shape index (κ2) is 5.13. The van der Waals surface area contributed by atoms with E-state index in [9.17, 15) is 13.2 Å². The molecule has 0 N–H and O–H groups in total. The quantitative estimate of drug-likeness (QED) is 0.804. The number of rotatable bonds is 3. The first-order valence-electron chi connectivity index (χ1n) is 6.10. The molecule has 0 spiro atoms. The number of hydrogen-bond donors (Lipinski definition) is 0. The first kappa shape index (κ1) is 14.3. The Morgan fingerprint density at radius 1 is 1.26 bits per heavy atom. The highest BCUT2D eigenvalue weighted by Gasteiger charge is 2.23. The maximum Gasteiger partial charge on any atom is 0.252 e. The summed E-state index contributed by atoms with van der Waals surface area (Å²) in [5.41, 5.74) is 1.64. The van der Waals surface area contributed by atoms with Crippen molar-refractivity contribution in [3.8, 4) is 0 Å². The van der Waals surface area contributed by atoms with Crippen molar-refractivity contribution in [1.82, 2.24) is 0 Å². The summed E-state index contributed by atoms with van der Waals surface area (Å²) in [6.45, 7) is 3.45. The van der Waals surface area contributed by atoms with Crippen molar-refractivity contribution >= 4 is 32.4 Å². The van der Waals surface area contributed by atoms with Crippen LogP contribution in [0, 0.1) is 6.92 Å². The monoisotopic (exact) mass is 301 g/mol. The van der Waals surface area contributed by atoms with Crippen LogP contribution in [0.15, 0.2) is 17.0 Å². The van der Waals surface area contributed by atoms with Gasteiger partial charge in [-0.15, -0.1) is 0 Å². The van der Waals surface area contributed by atoms with Gasteiger partial charge in [-0.25, -0.2) is 8.42 Å². The fourth-order valence-corrected chi connectivity index (χ4v) is 3.49. The molecule has 1 heterocycles. The number of anilines is 1. The van der Waals surface area contributed by atoms with Crippen LogP contribution in [0.1, 0.15) is 28.8 Å². The lowest BCUT2D eigenvalue weighted by atomic mass is 10.1. The molecule has 0 atom stereocenters. The third kappa shape index (κ3) is 2.92. The van der Waals surface area contributed by atoms with Crippen molar-refractivity contribution in [2.24, 2.45) is 0 Å². The number of halogens is 1. The van der Waals surface area contributed by atoms with Gasteiger partial charge in [0.15, 0.2) is 9.84 Å². The van der Waals surface area contributed by atoms with E-state index in [0.717, 1.165) is 32.2 Å². The van der Waals surface area contributed by atoms with Crippen molar-refractivity contribution in [3.63, 3.8) is 0 Å². The molecular formula is C13H16ClNO3S. The first-order chi connectivity index (χ1) is 8.80. The molecule has 1 aliphatic rings. The molecule has 19 heavy (non-hydrogen) atoms. The standard InChI is InChI=1S/C13H16ClNO3S/c1-9-7-11(15-5-3-4-6-15)12(19(2,17)18)8-10(9)13(14)16/h7-8H,3-6H2,1-2H3. The number of carbonyl (C=O) groups excluding carboxylic acids is 1. The lowest BCUT2D eigenvalue weighted by molar-refractivity contribution is 0.108. The van der Waals surface area contributed by atoms with Gasteiger partial charge in [-0.1, -0.05) is 0 Å². The average Bonchev–Trinajstić information content (AvgIpc) is 2.79. The molecule has 6 heteroatoms. The molecule has 0 bridgehead atoms. The zero-order chi connectivity index (χ0) is 14.2. The molecule has 0 radical (unpaired) electrons. The van der Waals surface area contributed by atoms with Crippen LogP contribution < -0.4 is 4.90 Å². The van der Waals surface area contributed by atoms with Crippen molar-refractivity contribution in [2.45, 2.75) is 24.7 Å². The Morgan fingerprint density at radius 2 is 1.84 bits per heavy atom. The van der Waals surface area contributed by atoms with Gasteiger partial charge < -0.3 is 4.90 Å². The van der Waals surface area contributed by atoms with Crippen molar-refractivity contribution < 1.29 is 13.2 Å². The van der Waals surface area contributed by atoms with Crippen LogP contribution in [0.5, 0.6) is 0 Å². The second-order valence-corrected chi connectivity index (χ2v) is 7.20. The van der Waals surface area contributed by atoms with E-state index in [0.29, 0.717) is 11.3 Å². The second-order valence-electron chi connectivity index (χ2n) is 4.87. The molecule has 1 aromatic rings. The summed E-state index contributed by atoms with van der Waals surface area (Å²) in [7, 11) is -3.40. The highest BCUT2D eigenvalue weighted by Crippen LogP contribution is 2.31. The van der Waals surface area contributed by atoms with E-state index in [4.69, 9.17) is 11.6 Å². The maximum absolute atomic E-state index is 11.9. The highest BCUT2D eigenvalue weighted by molar-refractivity contribution is 7.90. The van der Waals surface area contributed by atoms with Crippen molar-refractivity contribution in [3.05, 3.63) is 23.3 Å². The van der Waals surface area contributed by atoms with Crippen LogP contribution in [-0.2, 0) is 9.84 Å². The molecule has 104 valence electrons. The Labute approximate surface area is 118 Å². The number of carbonyl (C=O) groups is 1. The zero-order valence-electron chi connectivity index (χ0n) is 10.9. The van der Waals surface area contributed by atoms with Gasteiger partial charge in [0.2, 0.25) is 0 Å². The van der Waals surface area contributed by atoms with Crippen molar-refractivity contribution in [2.75, 3.05) is 24.2 Å². The van der Waals surface area contributed by atoms with Crippen LogP contribution >= 0.6 is 11.6 Å². The Morgan fingerprint density at radius 3 is 2.32 bits per heavy atom. The molecule has 4 nitrogen and oxygen atoms in total. The Bertz CT molecular complexity index is 619. The smallest absolute Gasteiger partial charge is 0.252 e. The van der Waals surface area contributed by atoms with Gasteiger partial charge in [0.05, 0.1) is 10.6 Å². The third-order valence-electron chi connectivity index (χ3n) is 3.36. The molecule has 0 saturated carbocycles. The normalized spacial score (nSPS) is 15.8. The average molecular weight is 302 g/mol. The summed E-state index contributed by atoms with van der Waals surface area (Å²) in [6.07, 6.45) is 3.26. The molecule has 1 saturated heterocycles. The first-order valence-corrected chi connectivity index (χ1v) is 8.37. The number of benzene rings is 1. The Balaban J connectivity index is 2.65. The predicted octanol–water partition coefficient (Wildman–Crippen LogP) is 2.38. The van der Waals surface area contributed by atoms with E-state index >= 15 is 0 Å². The lowest BCUT2D eigenvalue weighted by Gasteiger charge is -2.22. The summed E-state index contributed by atoms with van der Waals surface area (Å²) in [5, 5.41) is -0.629. The molecule has 1 fully saturated rings. The van der Waals surface area contributed by atoms with Gasteiger partial charge in [-0.2, -0.15) is 0 Å². The van der Waals surface area contributed by atoms with E-state index in [-0.39, 0.29) is 10.5 Å². The Hall–Kier alpha value is -1.07. The molecule has 0 unspecified atom stereocenters.